The lowest BCUT2D eigenvalue weighted by molar-refractivity contribution is -0.562. The van der Waals surface area contributed by atoms with Gasteiger partial charge in [-0.3, -0.25) is 4.79 Å². The van der Waals surface area contributed by atoms with Crippen molar-refractivity contribution < 1.29 is 14.4 Å². The standard InChI is InChI=1S/C4H8N2O3/c1-4(7)9-3-6(8)5-2/h3H2,1-2H3/b6-5-. The van der Waals surface area contributed by atoms with Crippen LogP contribution >= 0.6 is 0 Å². The van der Waals surface area contributed by atoms with E-state index in [1.165, 1.54) is 14.0 Å². The van der Waals surface area contributed by atoms with Crippen LogP contribution in [0.3, 0.4) is 0 Å². The van der Waals surface area contributed by atoms with Crippen molar-refractivity contribution in [3.8, 4) is 0 Å². The minimum atomic E-state index is -0.487. The predicted octanol–water partition coefficient (Wildman–Crippen LogP) is 0.0993. The van der Waals surface area contributed by atoms with Gasteiger partial charge < -0.3 is 9.94 Å². The average Bonchev–Trinajstić information content (AvgIpc) is 1.83. The zero-order valence-corrected chi connectivity index (χ0v) is 5.33. The van der Waals surface area contributed by atoms with Gasteiger partial charge in [-0.05, 0) is 5.11 Å². The number of esters is 1. The van der Waals surface area contributed by atoms with E-state index in [-0.39, 0.29) is 11.6 Å². The van der Waals surface area contributed by atoms with Crippen LogP contribution in [0.4, 0.5) is 0 Å². The number of rotatable bonds is 2. The molecule has 0 spiro atoms. The van der Waals surface area contributed by atoms with Crippen LogP contribution in [0.15, 0.2) is 5.11 Å². The highest BCUT2D eigenvalue weighted by atomic mass is 16.6. The first kappa shape index (κ1) is 7.87. The van der Waals surface area contributed by atoms with Crippen molar-refractivity contribution in [2.24, 2.45) is 5.11 Å². The van der Waals surface area contributed by atoms with Crippen molar-refractivity contribution in [3.63, 3.8) is 0 Å². The SMILES string of the molecule is C/N=[N+](\[O-])COC(C)=O. The summed E-state index contributed by atoms with van der Waals surface area (Å²) >= 11 is 0. The van der Waals surface area contributed by atoms with Crippen molar-refractivity contribution >= 4 is 5.97 Å². The molecule has 0 aromatic carbocycles. The van der Waals surface area contributed by atoms with Gasteiger partial charge in [-0.25, -0.2) is 0 Å². The Morgan fingerprint density at radius 2 is 2.44 bits per heavy atom. The molecule has 0 aliphatic heterocycles. The molecule has 0 aliphatic carbocycles. The molecule has 0 N–H and O–H groups in total. The highest BCUT2D eigenvalue weighted by molar-refractivity contribution is 5.65. The van der Waals surface area contributed by atoms with Crippen molar-refractivity contribution in [2.45, 2.75) is 6.92 Å². The van der Waals surface area contributed by atoms with Crippen molar-refractivity contribution in [2.75, 3.05) is 13.8 Å². The van der Waals surface area contributed by atoms with Crippen LogP contribution in [-0.4, -0.2) is 24.6 Å². The van der Waals surface area contributed by atoms with Crippen LogP contribution in [0.5, 0.6) is 0 Å². The number of hydrogen-bond acceptors (Lipinski definition) is 4. The number of nitrogens with zero attached hydrogens (tertiary/aromatic N) is 2. The van der Waals surface area contributed by atoms with Crippen LogP contribution in [0.1, 0.15) is 6.92 Å². The van der Waals surface area contributed by atoms with E-state index in [2.05, 4.69) is 9.85 Å². The molecule has 0 saturated heterocycles. The quantitative estimate of drug-likeness (QED) is 0.176. The Morgan fingerprint density at radius 3 is 2.78 bits per heavy atom. The first-order chi connectivity index (χ1) is 4.16. The molecule has 0 aliphatic rings. The fourth-order valence-electron chi connectivity index (χ4n) is 0.204. The molecule has 5 heteroatoms. The zero-order valence-electron chi connectivity index (χ0n) is 5.33. The molecule has 0 aromatic rings. The first-order valence-corrected chi connectivity index (χ1v) is 2.34. The smallest absolute Gasteiger partial charge is 0.325 e. The Kier molecular flexibility index (Phi) is 3.34. The molecule has 0 bridgehead atoms. The van der Waals surface area contributed by atoms with Gasteiger partial charge in [-0.1, -0.05) is 4.86 Å². The summed E-state index contributed by atoms with van der Waals surface area (Å²) in [5.74, 6) is -0.487. The van der Waals surface area contributed by atoms with E-state index < -0.39 is 5.97 Å². The van der Waals surface area contributed by atoms with Gasteiger partial charge in [0.1, 0.15) is 0 Å². The van der Waals surface area contributed by atoms with Crippen LogP contribution in [0.25, 0.3) is 0 Å². The summed E-state index contributed by atoms with van der Waals surface area (Å²) in [6, 6.07) is 0. The molecule has 0 rings (SSSR count). The van der Waals surface area contributed by atoms with E-state index in [1.807, 2.05) is 0 Å². The van der Waals surface area contributed by atoms with E-state index in [1.54, 1.807) is 0 Å². The number of hydrogen-bond donors (Lipinski definition) is 0. The monoisotopic (exact) mass is 132 g/mol. The number of carbonyl (C=O) groups excluding carboxylic acids is 1. The summed E-state index contributed by atoms with van der Waals surface area (Å²) in [5, 5.41) is 13.4. The normalized spacial score (nSPS) is 11.1. The largest absolute Gasteiger partial charge is 0.597 e. The minimum Gasteiger partial charge on any atom is -0.597 e. The molecule has 0 radical (unpaired) electrons. The highest BCUT2D eigenvalue weighted by Crippen LogP contribution is 1.77. The van der Waals surface area contributed by atoms with Gasteiger partial charge in [0, 0.05) is 6.92 Å². The van der Waals surface area contributed by atoms with Crippen molar-refractivity contribution in [3.05, 3.63) is 5.21 Å². The molecular weight excluding hydrogens is 124 g/mol. The molecule has 5 nitrogen and oxygen atoms in total. The van der Waals surface area contributed by atoms with Gasteiger partial charge in [0.2, 0.25) is 0 Å². The number of carbonyl (C=O) groups is 1. The highest BCUT2D eigenvalue weighted by Gasteiger charge is 1.95. The zero-order chi connectivity index (χ0) is 7.28. The Morgan fingerprint density at radius 1 is 1.89 bits per heavy atom. The number of azo groups is 1. The molecule has 0 amide bonds. The van der Waals surface area contributed by atoms with E-state index in [0.29, 0.717) is 0 Å². The lowest BCUT2D eigenvalue weighted by atomic mass is 10.8. The van der Waals surface area contributed by atoms with Gasteiger partial charge in [0.15, 0.2) is 0 Å². The van der Waals surface area contributed by atoms with E-state index in [4.69, 9.17) is 0 Å². The second-order valence-electron chi connectivity index (χ2n) is 1.32. The molecule has 0 unspecified atom stereocenters. The molecule has 52 valence electrons. The van der Waals surface area contributed by atoms with E-state index in [0.717, 1.165) is 0 Å². The van der Waals surface area contributed by atoms with Gasteiger partial charge in [-0.15, -0.1) is 0 Å². The maximum Gasteiger partial charge on any atom is 0.325 e. The first-order valence-electron chi connectivity index (χ1n) is 2.34. The van der Waals surface area contributed by atoms with Crippen molar-refractivity contribution in [1.29, 1.82) is 0 Å². The lowest BCUT2D eigenvalue weighted by Crippen LogP contribution is -2.09. The number of hydroxylamine groups is 1. The topological polar surface area (TPSA) is 64.7 Å². The Hall–Kier alpha value is -1.13. The molecule has 0 aromatic heterocycles. The van der Waals surface area contributed by atoms with Crippen LogP contribution in [0, 0.1) is 5.21 Å². The summed E-state index contributed by atoms with van der Waals surface area (Å²) in [4.78, 5) is 10.3. The summed E-state index contributed by atoms with van der Waals surface area (Å²) in [7, 11) is 1.32. The van der Waals surface area contributed by atoms with Gasteiger partial charge in [0.25, 0.3) is 0 Å². The van der Waals surface area contributed by atoms with Crippen molar-refractivity contribution in [1.82, 2.24) is 0 Å². The van der Waals surface area contributed by atoms with Gasteiger partial charge in [-0.2, -0.15) is 0 Å². The van der Waals surface area contributed by atoms with Crippen LogP contribution < -0.4 is 0 Å². The molecular formula is C4H8N2O3. The third-order valence-electron chi connectivity index (χ3n) is 0.601. The second kappa shape index (κ2) is 3.82. The molecule has 0 atom stereocenters. The van der Waals surface area contributed by atoms with E-state index in [9.17, 15) is 10.0 Å². The maximum atomic E-state index is 10.2. The molecule has 0 saturated carbocycles. The summed E-state index contributed by atoms with van der Waals surface area (Å²) in [5.41, 5.74) is 0. The molecule has 9 heavy (non-hydrogen) atoms. The lowest BCUT2D eigenvalue weighted by Gasteiger charge is -1.97. The van der Waals surface area contributed by atoms with Gasteiger partial charge >= 0.3 is 12.7 Å². The van der Waals surface area contributed by atoms with Gasteiger partial charge in [0.05, 0.1) is 7.05 Å². The summed E-state index contributed by atoms with van der Waals surface area (Å²) in [6.45, 7) is 0.898. The Labute approximate surface area is 52.5 Å². The predicted molar refractivity (Wildman–Crippen MR) is 28.6 cm³/mol. The Balaban J connectivity index is 3.39. The fourth-order valence-corrected chi connectivity index (χ4v) is 0.204. The minimum absolute atomic E-state index is 0.279. The molecule has 0 fully saturated rings. The molecule has 0 heterocycles. The number of ether oxygens (including phenoxy) is 1. The second-order valence-corrected chi connectivity index (χ2v) is 1.32. The fraction of sp³-hybridized carbons (Fsp3) is 0.750. The summed E-state index contributed by atoms with van der Waals surface area (Å²) in [6.07, 6.45) is 0. The summed E-state index contributed by atoms with van der Waals surface area (Å²) < 4.78 is 4.28. The maximum absolute atomic E-state index is 10.2. The van der Waals surface area contributed by atoms with Crippen LogP contribution in [0.2, 0.25) is 0 Å². The van der Waals surface area contributed by atoms with E-state index >= 15 is 0 Å². The Bertz CT molecular complexity index is 132. The third kappa shape index (κ3) is 4.73. The van der Waals surface area contributed by atoms with Crippen LogP contribution in [-0.2, 0) is 9.53 Å². The average molecular weight is 132 g/mol. The third-order valence-corrected chi connectivity index (χ3v) is 0.601.